The molecule has 0 bridgehead atoms. The second-order valence-corrected chi connectivity index (χ2v) is 4.34. The summed E-state index contributed by atoms with van der Waals surface area (Å²) in [5.41, 5.74) is 1.29. The van der Waals surface area contributed by atoms with E-state index in [0.29, 0.717) is 5.56 Å². The van der Waals surface area contributed by atoms with Crippen LogP contribution in [0.1, 0.15) is 17.0 Å². The average molecular weight is 273 g/mol. The number of nitro groups is 1. The number of hydrogen-bond acceptors (Lipinski definition) is 3. The molecule has 94 valence electrons. The van der Waals surface area contributed by atoms with E-state index in [4.69, 9.17) is 11.6 Å². The van der Waals surface area contributed by atoms with Crippen LogP contribution in [0, 0.1) is 21.4 Å². The van der Waals surface area contributed by atoms with Gasteiger partial charge in [0.15, 0.2) is 0 Å². The van der Waals surface area contributed by atoms with Crippen molar-refractivity contribution in [3.05, 3.63) is 74.8 Å². The third kappa shape index (κ3) is 2.72. The smallest absolute Gasteiger partial charge is 0.258 e. The van der Waals surface area contributed by atoms with Crippen LogP contribution in [-0.2, 0) is 0 Å². The molecule has 0 amide bonds. The van der Waals surface area contributed by atoms with Gasteiger partial charge in [0.25, 0.3) is 5.69 Å². The van der Waals surface area contributed by atoms with Crippen molar-refractivity contribution in [3.8, 4) is 6.07 Å². The number of non-ortho nitro benzene ring substituents is 1. The van der Waals surface area contributed by atoms with E-state index in [1.165, 1.54) is 18.2 Å². The summed E-state index contributed by atoms with van der Waals surface area (Å²) >= 11 is 6.04. The van der Waals surface area contributed by atoms with Crippen molar-refractivity contribution < 1.29 is 4.92 Å². The summed E-state index contributed by atoms with van der Waals surface area (Å²) in [4.78, 5) is 10.1. The number of halogens is 1. The maximum atomic E-state index is 10.7. The summed E-state index contributed by atoms with van der Waals surface area (Å²) < 4.78 is 0. The van der Waals surface area contributed by atoms with Gasteiger partial charge in [0.1, 0.15) is 0 Å². The lowest BCUT2D eigenvalue weighted by atomic mass is 9.92. The van der Waals surface area contributed by atoms with Crippen LogP contribution in [0.3, 0.4) is 0 Å². The first-order valence-corrected chi connectivity index (χ1v) is 5.89. The molecule has 19 heavy (non-hydrogen) atoms. The molecule has 0 saturated carbocycles. The molecule has 2 aromatic carbocycles. The maximum Gasteiger partial charge on any atom is 0.270 e. The van der Waals surface area contributed by atoms with Crippen molar-refractivity contribution >= 4 is 17.3 Å². The maximum absolute atomic E-state index is 10.7. The Kier molecular flexibility index (Phi) is 3.79. The van der Waals surface area contributed by atoms with Gasteiger partial charge in [0, 0.05) is 12.1 Å². The highest BCUT2D eigenvalue weighted by atomic mass is 35.5. The van der Waals surface area contributed by atoms with Crippen LogP contribution in [0.5, 0.6) is 0 Å². The summed E-state index contributed by atoms with van der Waals surface area (Å²) in [6.45, 7) is 0. The van der Waals surface area contributed by atoms with Crippen LogP contribution in [-0.4, -0.2) is 4.92 Å². The van der Waals surface area contributed by atoms with Gasteiger partial charge < -0.3 is 0 Å². The van der Waals surface area contributed by atoms with Crippen LogP contribution < -0.4 is 0 Å². The Morgan fingerprint density at radius 2 is 1.89 bits per heavy atom. The van der Waals surface area contributed by atoms with Crippen molar-refractivity contribution in [3.63, 3.8) is 0 Å². The quantitative estimate of drug-likeness (QED) is 0.628. The van der Waals surface area contributed by atoms with E-state index in [0.717, 1.165) is 5.56 Å². The number of rotatable bonds is 3. The van der Waals surface area contributed by atoms with Gasteiger partial charge in [-0.3, -0.25) is 10.1 Å². The number of nitro benzene ring substituents is 1. The van der Waals surface area contributed by atoms with Gasteiger partial charge in [-0.2, -0.15) is 5.26 Å². The molecule has 0 fully saturated rings. The van der Waals surface area contributed by atoms with Crippen LogP contribution >= 0.6 is 11.6 Å². The Morgan fingerprint density at radius 1 is 1.21 bits per heavy atom. The molecule has 0 aliphatic heterocycles. The zero-order chi connectivity index (χ0) is 13.8. The van der Waals surface area contributed by atoms with Crippen molar-refractivity contribution in [2.45, 2.75) is 5.92 Å². The molecule has 0 saturated heterocycles. The molecule has 1 atom stereocenters. The van der Waals surface area contributed by atoms with Crippen molar-refractivity contribution in [1.29, 1.82) is 5.26 Å². The van der Waals surface area contributed by atoms with Crippen molar-refractivity contribution in [1.82, 2.24) is 0 Å². The summed E-state index contributed by atoms with van der Waals surface area (Å²) in [5, 5.41) is 20.2. The predicted octanol–water partition coefficient (Wildman–Crippen LogP) is 3.90. The van der Waals surface area contributed by atoms with Gasteiger partial charge >= 0.3 is 0 Å². The van der Waals surface area contributed by atoms with E-state index in [1.807, 2.05) is 30.3 Å². The fourth-order valence-corrected chi connectivity index (χ4v) is 2.12. The zero-order valence-corrected chi connectivity index (χ0v) is 10.5. The fourth-order valence-electron chi connectivity index (χ4n) is 1.83. The zero-order valence-electron chi connectivity index (χ0n) is 9.79. The Balaban J connectivity index is 2.46. The Bertz CT molecular complexity index is 650. The van der Waals surface area contributed by atoms with E-state index < -0.39 is 10.8 Å². The van der Waals surface area contributed by atoms with Crippen LogP contribution in [0.4, 0.5) is 5.69 Å². The van der Waals surface area contributed by atoms with Gasteiger partial charge in [-0.25, -0.2) is 0 Å². The summed E-state index contributed by atoms with van der Waals surface area (Å²) in [6.07, 6.45) is 0. The molecule has 4 nitrogen and oxygen atoms in total. The third-order valence-electron chi connectivity index (χ3n) is 2.77. The molecule has 0 spiro atoms. The number of hydrogen-bond donors (Lipinski definition) is 0. The normalized spacial score (nSPS) is 11.6. The number of benzene rings is 2. The Morgan fingerprint density at radius 3 is 2.42 bits per heavy atom. The molecular weight excluding hydrogens is 264 g/mol. The molecule has 2 aromatic rings. The molecule has 0 unspecified atom stereocenters. The van der Waals surface area contributed by atoms with Gasteiger partial charge in [-0.05, 0) is 17.2 Å². The first kappa shape index (κ1) is 13.1. The molecule has 5 heteroatoms. The molecule has 0 heterocycles. The third-order valence-corrected chi connectivity index (χ3v) is 3.10. The standard InChI is InChI=1S/C14H9ClN2O2/c15-14-8-11(17(18)19)6-7-12(14)13(9-16)10-4-2-1-3-5-10/h1-8,13H/t13-/m1/s1. The second kappa shape index (κ2) is 5.51. The average Bonchev–Trinajstić information content (AvgIpc) is 2.42. The van der Waals surface area contributed by atoms with Gasteiger partial charge in [-0.1, -0.05) is 41.9 Å². The van der Waals surface area contributed by atoms with E-state index in [9.17, 15) is 15.4 Å². The van der Waals surface area contributed by atoms with E-state index in [2.05, 4.69) is 6.07 Å². The molecule has 0 radical (unpaired) electrons. The second-order valence-electron chi connectivity index (χ2n) is 3.94. The lowest BCUT2D eigenvalue weighted by Gasteiger charge is -2.11. The minimum atomic E-state index is -0.533. The van der Waals surface area contributed by atoms with E-state index in [-0.39, 0.29) is 10.7 Å². The number of nitrogens with zero attached hydrogens (tertiary/aromatic N) is 2. The largest absolute Gasteiger partial charge is 0.270 e. The first-order chi connectivity index (χ1) is 9.13. The lowest BCUT2D eigenvalue weighted by Crippen LogP contribution is -1.99. The molecule has 0 aliphatic rings. The highest BCUT2D eigenvalue weighted by Gasteiger charge is 2.18. The molecular formula is C14H9ClN2O2. The van der Waals surface area contributed by atoms with Crippen LogP contribution in [0.2, 0.25) is 5.02 Å². The fraction of sp³-hybridized carbons (Fsp3) is 0.0714. The van der Waals surface area contributed by atoms with Crippen molar-refractivity contribution in [2.24, 2.45) is 0 Å². The van der Waals surface area contributed by atoms with Gasteiger partial charge in [0.2, 0.25) is 0 Å². The lowest BCUT2D eigenvalue weighted by molar-refractivity contribution is -0.384. The van der Waals surface area contributed by atoms with Gasteiger partial charge in [0.05, 0.1) is 21.9 Å². The number of nitriles is 1. The Labute approximate surface area is 115 Å². The molecule has 0 aromatic heterocycles. The molecule has 0 aliphatic carbocycles. The van der Waals surface area contributed by atoms with E-state index in [1.54, 1.807) is 0 Å². The Hall–Kier alpha value is -2.38. The first-order valence-electron chi connectivity index (χ1n) is 5.52. The summed E-state index contributed by atoms with van der Waals surface area (Å²) in [7, 11) is 0. The van der Waals surface area contributed by atoms with Crippen molar-refractivity contribution in [2.75, 3.05) is 0 Å². The van der Waals surface area contributed by atoms with Crippen LogP contribution in [0.15, 0.2) is 48.5 Å². The molecule has 2 rings (SSSR count). The SMILES string of the molecule is N#C[C@H](c1ccccc1)c1ccc([N+](=O)[O-])cc1Cl. The van der Waals surface area contributed by atoms with Crippen LogP contribution in [0.25, 0.3) is 0 Å². The summed E-state index contributed by atoms with van der Waals surface area (Å²) in [6, 6.07) is 15.5. The van der Waals surface area contributed by atoms with E-state index >= 15 is 0 Å². The minimum Gasteiger partial charge on any atom is -0.258 e. The monoisotopic (exact) mass is 272 g/mol. The topological polar surface area (TPSA) is 66.9 Å². The summed E-state index contributed by atoms with van der Waals surface area (Å²) in [5.74, 6) is -0.533. The molecule has 0 N–H and O–H groups in total. The highest BCUT2D eigenvalue weighted by molar-refractivity contribution is 6.31. The predicted molar refractivity (Wildman–Crippen MR) is 72.0 cm³/mol. The highest BCUT2D eigenvalue weighted by Crippen LogP contribution is 2.32. The minimum absolute atomic E-state index is 0.0847. The van der Waals surface area contributed by atoms with Gasteiger partial charge in [-0.15, -0.1) is 0 Å².